The molecule has 1 saturated carbocycles. The van der Waals surface area contributed by atoms with Crippen molar-refractivity contribution in [2.45, 2.75) is 26.7 Å². The molecule has 1 aliphatic rings. The number of carbonyl (C=O) groups is 1. The Morgan fingerprint density at radius 3 is 2.64 bits per heavy atom. The van der Waals surface area contributed by atoms with E-state index in [1.165, 1.54) is 0 Å². The fourth-order valence-electron chi connectivity index (χ4n) is 2.07. The average molecular weight is 199 g/mol. The van der Waals surface area contributed by atoms with E-state index in [0.29, 0.717) is 25.3 Å². The second-order valence-corrected chi connectivity index (χ2v) is 3.94. The van der Waals surface area contributed by atoms with E-state index in [-0.39, 0.29) is 11.7 Å². The van der Waals surface area contributed by atoms with Gasteiger partial charge in [-0.3, -0.25) is 4.79 Å². The summed E-state index contributed by atoms with van der Waals surface area (Å²) in [5.74, 6) is 0.354. The molecule has 0 aromatic heterocycles. The third-order valence-electron chi connectivity index (χ3n) is 2.76. The Morgan fingerprint density at radius 1 is 1.71 bits per heavy atom. The molecule has 1 amide bonds. The highest BCUT2D eigenvalue weighted by molar-refractivity contribution is 6.07. The lowest BCUT2D eigenvalue weighted by atomic mass is 9.61. The molecule has 0 bridgehead atoms. The quantitative estimate of drug-likeness (QED) is 0.264. The number of nitrogens with two attached hydrogens (primary N) is 1. The van der Waals surface area contributed by atoms with Crippen LogP contribution in [0.25, 0.3) is 0 Å². The summed E-state index contributed by atoms with van der Waals surface area (Å²) in [6, 6.07) is 0. The maximum atomic E-state index is 11.7. The van der Waals surface area contributed by atoms with E-state index in [9.17, 15) is 4.79 Å². The van der Waals surface area contributed by atoms with Crippen LogP contribution in [-0.2, 0) is 4.79 Å². The molecule has 0 aromatic rings. The van der Waals surface area contributed by atoms with Crippen LogP contribution in [0.15, 0.2) is 5.16 Å². The molecule has 5 nitrogen and oxygen atoms in total. The first-order valence-electron chi connectivity index (χ1n) is 4.83. The normalized spacial score (nSPS) is 32.1. The van der Waals surface area contributed by atoms with Crippen LogP contribution < -0.4 is 11.1 Å². The molecule has 0 aromatic carbocycles. The van der Waals surface area contributed by atoms with E-state index >= 15 is 0 Å². The zero-order valence-corrected chi connectivity index (χ0v) is 8.58. The van der Waals surface area contributed by atoms with Gasteiger partial charge in [-0.1, -0.05) is 12.1 Å². The summed E-state index contributed by atoms with van der Waals surface area (Å²) >= 11 is 0. The summed E-state index contributed by atoms with van der Waals surface area (Å²) in [5.41, 5.74) is 4.79. The van der Waals surface area contributed by atoms with Gasteiger partial charge in [0.2, 0.25) is 5.91 Å². The molecule has 1 aliphatic carbocycles. The predicted molar refractivity (Wildman–Crippen MR) is 52.9 cm³/mol. The molecule has 0 spiro atoms. The number of amidine groups is 1. The van der Waals surface area contributed by atoms with Crippen molar-refractivity contribution in [2.24, 2.45) is 22.2 Å². The Labute approximate surface area is 83.3 Å². The van der Waals surface area contributed by atoms with Gasteiger partial charge in [-0.05, 0) is 25.7 Å². The van der Waals surface area contributed by atoms with Gasteiger partial charge in [0.15, 0.2) is 5.84 Å². The molecule has 4 N–H and O–H groups in total. The number of carbonyl (C=O) groups excluding carboxylic acids is 1. The largest absolute Gasteiger partial charge is 0.409 e. The van der Waals surface area contributed by atoms with Gasteiger partial charge in [0.25, 0.3) is 0 Å². The molecule has 0 unspecified atom stereocenters. The van der Waals surface area contributed by atoms with E-state index < -0.39 is 5.41 Å². The van der Waals surface area contributed by atoms with E-state index in [2.05, 4.69) is 10.5 Å². The van der Waals surface area contributed by atoms with Crippen LogP contribution in [-0.4, -0.2) is 23.5 Å². The van der Waals surface area contributed by atoms with E-state index in [1.807, 2.05) is 13.8 Å². The van der Waals surface area contributed by atoms with Crippen molar-refractivity contribution in [3.05, 3.63) is 0 Å². The summed E-state index contributed by atoms with van der Waals surface area (Å²) in [5, 5.41) is 14.3. The number of amides is 1. The number of hydrogen-bond acceptors (Lipinski definition) is 3. The predicted octanol–water partition coefficient (Wildman–Crippen LogP) is 0.285. The molecule has 1 rings (SSSR count). The van der Waals surface area contributed by atoms with Gasteiger partial charge in [0.1, 0.15) is 5.41 Å². The van der Waals surface area contributed by atoms with Gasteiger partial charge in [-0.25, -0.2) is 0 Å². The van der Waals surface area contributed by atoms with Crippen molar-refractivity contribution in [1.29, 1.82) is 0 Å². The Morgan fingerprint density at radius 2 is 2.29 bits per heavy atom. The number of nitrogens with one attached hydrogen (secondary N) is 1. The van der Waals surface area contributed by atoms with Crippen LogP contribution in [0.1, 0.15) is 26.7 Å². The number of nitrogens with zero attached hydrogens (tertiary/aromatic N) is 1. The van der Waals surface area contributed by atoms with Crippen molar-refractivity contribution >= 4 is 11.7 Å². The molecular formula is C9H17N3O2. The van der Waals surface area contributed by atoms with Crippen LogP contribution >= 0.6 is 0 Å². The van der Waals surface area contributed by atoms with Crippen molar-refractivity contribution in [2.75, 3.05) is 6.54 Å². The standard InChI is InChI=1S/C9H17N3O2/c1-3-11-8(13)9(7(10)12-14)4-6(2)5-9/h6,14H,3-5H2,1-2H3,(H2,10,12)(H,11,13). The lowest BCUT2D eigenvalue weighted by Crippen LogP contribution is -2.56. The molecule has 5 heteroatoms. The van der Waals surface area contributed by atoms with Crippen LogP contribution in [0.4, 0.5) is 0 Å². The van der Waals surface area contributed by atoms with E-state index in [4.69, 9.17) is 10.9 Å². The number of rotatable bonds is 3. The highest BCUT2D eigenvalue weighted by Gasteiger charge is 2.51. The minimum atomic E-state index is -0.760. The minimum absolute atomic E-state index is 0.0292. The third-order valence-corrected chi connectivity index (χ3v) is 2.76. The first kappa shape index (κ1) is 10.8. The van der Waals surface area contributed by atoms with Crippen molar-refractivity contribution in [3.8, 4) is 0 Å². The number of oxime groups is 1. The monoisotopic (exact) mass is 199 g/mol. The third kappa shape index (κ3) is 1.54. The SMILES string of the molecule is CCNC(=O)C1(/C(N)=N/O)CC(C)C1. The van der Waals surface area contributed by atoms with Gasteiger partial charge in [-0.2, -0.15) is 0 Å². The van der Waals surface area contributed by atoms with Crippen molar-refractivity contribution in [1.82, 2.24) is 5.32 Å². The lowest BCUT2D eigenvalue weighted by Gasteiger charge is -2.43. The van der Waals surface area contributed by atoms with Gasteiger partial charge in [0.05, 0.1) is 0 Å². The first-order valence-corrected chi connectivity index (χ1v) is 4.83. The number of hydrogen-bond donors (Lipinski definition) is 3. The Balaban J connectivity index is 2.79. The summed E-state index contributed by atoms with van der Waals surface area (Å²) in [6.45, 7) is 4.45. The van der Waals surface area contributed by atoms with E-state index in [0.717, 1.165) is 0 Å². The zero-order chi connectivity index (χ0) is 10.8. The fraction of sp³-hybridized carbons (Fsp3) is 0.778. The Bertz CT molecular complexity index is 257. The van der Waals surface area contributed by atoms with Crippen molar-refractivity contribution < 1.29 is 10.0 Å². The van der Waals surface area contributed by atoms with Gasteiger partial charge < -0.3 is 16.3 Å². The highest BCUT2D eigenvalue weighted by Crippen LogP contribution is 2.45. The highest BCUT2D eigenvalue weighted by atomic mass is 16.4. The van der Waals surface area contributed by atoms with Crippen LogP contribution in [0, 0.1) is 11.3 Å². The zero-order valence-electron chi connectivity index (χ0n) is 8.58. The molecule has 80 valence electrons. The van der Waals surface area contributed by atoms with Crippen molar-refractivity contribution in [3.63, 3.8) is 0 Å². The average Bonchev–Trinajstić information content (AvgIpc) is 2.11. The molecule has 0 atom stereocenters. The smallest absolute Gasteiger partial charge is 0.233 e. The maximum Gasteiger partial charge on any atom is 0.233 e. The van der Waals surface area contributed by atoms with Gasteiger partial charge in [-0.15, -0.1) is 0 Å². The van der Waals surface area contributed by atoms with Crippen LogP contribution in [0.2, 0.25) is 0 Å². The van der Waals surface area contributed by atoms with E-state index in [1.54, 1.807) is 0 Å². The van der Waals surface area contributed by atoms with Crippen LogP contribution in [0.3, 0.4) is 0 Å². The topological polar surface area (TPSA) is 87.7 Å². The van der Waals surface area contributed by atoms with Crippen LogP contribution in [0.5, 0.6) is 0 Å². The first-order chi connectivity index (χ1) is 6.56. The summed E-state index contributed by atoms with van der Waals surface area (Å²) < 4.78 is 0. The summed E-state index contributed by atoms with van der Waals surface area (Å²) in [7, 11) is 0. The Kier molecular flexibility index (Phi) is 2.98. The maximum absolute atomic E-state index is 11.7. The Hall–Kier alpha value is -1.26. The summed E-state index contributed by atoms with van der Waals surface area (Å²) in [4.78, 5) is 11.7. The molecule has 0 aliphatic heterocycles. The fourth-order valence-corrected chi connectivity index (χ4v) is 2.07. The molecular weight excluding hydrogens is 182 g/mol. The molecule has 0 saturated heterocycles. The second kappa shape index (κ2) is 3.86. The molecule has 14 heavy (non-hydrogen) atoms. The van der Waals surface area contributed by atoms with Gasteiger partial charge in [0, 0.05) is 6.54 Å². The lowest BCUT2D eigenvalue weighted by molar-refractivity contribution is -0.133. The molecule has 0 radical (unpaired) electrons. The molecule has 1 fully saturated rings. The summed E-state index contributed by atoms with van der Waals surface area (Å²) in [6.07, 6.45) is 1.32. The molecule has 0 heterocycles. The minimum Gasteiger partial charge on any atom is -0.409 e. The van der Waals surface area contributed by atoms with Gasteiger partial charge >= 0.3 is 0 Å². The second-order valence-electron chi connectivity index (χ2n) is 3.94.